The number of anilines is 2. The number of benzene rings is 3. The molecular weight excluding hydrogens is 343 g/mol. The molecule has 4 nitrogen and oxygen atoms in total. The summed E-state index contributed by atoms with van der Waals surface area (Å²) in [6.07, 6.45) is 0. The van der Waals surface area contributed by atoms with Crippen LogP contribution in [-0.4, -0.2) is 11.8 Å². The first-order valence-electron chi connectivity index (χ1n) is 8.48. The van der Waals surface area contributed by atoms with Gasteiger partial charge in [0.25, 0.3) is 11.8 Å². The zero-order valence-corrected chi connectivity index (χ0v) is 15.0. The number of para-hydroxylation sites is 1. The molecule has 0 spiro atoms. The van der Waals surface area contributed by atoms with Crippen molar-refractivity contribution in [2.45, 2.75) is 13.8 Å². The van der Waals surface area contributed by atoms with Gasteiger partial charge in [-0.1, -0.05) is 24.3 Å². The van der Waals surface area contributed by atoms with Crippen molar-refractivity contribution >= 4 is 23.2 Å². The third-order valence-electron chi connectivity index (χ3n) is 4.21. The summed E-state index contributed by atoms with van der Waals surface area (Å²) < 4.78 is 13.2. The summed E-state index contributed by atoms with van der Waals surface area (Å²) in [5.41, 5.74) is 3.94. The van der Waals surface area contributed by atoms with Crippen molar-refractivity contribution < 1.29 is 14.0 Å². The Morgan fingerprint density at radius 2 is 1.26 bits per heavy atom. The lowest BCUT2D eigenvalue weighted by Gasteiger charge is -2.12. The van der Waals surface area contributed by atoms with E-state index in [4.69, 9.17) is 0 Å². The minimum Gasteiger partial charge on any atom is -0.322 e. The van der Waals surface area contributed by atoms with Crippen LogP contribution in [0.1, 0.15) is 31.8 Å². The Bertz CT molecular complexity index is 977. The molecule has 0 aliphatic heterocycles. The highest BCUT2D eigenvalue weighted by molar-refractivity contribution is 6.07. The van der Waals surface area contributed by atoms with Crippen molar-refractivity contribution in [3.63, 3.8) is 0 Å². The molecule has 0 saturated carbocycles. The van der Waals surface area contributed by atoms with E-state index < -0.39 is 5.82 Å². The van der Waals surface area contributed by atoms with Gasteiger partial charge < -0.3 is 10.6 Å². The number of hydrogen-bond donors (Lipinski definition) is 2. The topological polar surface area (TPSA) is 58.2 Å². The average molecular weight is 362 g/mol. The van der Waals surface area contributed by atoms with Crippen LogP contribution in [0.25, 0.3) is 0 Å². The van der Waals surface area contributed by atoms with Gasteiger partial charge in [0.05, 0.1) is 0 Å². The summed E-state index contributed by atoms with van der Waals surface area (Å²) in [4.78, 5) is 24.7. The van der Waals surface area contributed by atoms with Crippen LogP contribution in [0.4, 0.5) is 15.8 Å². The third-order valence-corrected chi connectivity index (χ3v) is 4.21. The van der Waals surface area contributed by atoms with Crippen molar-refractivity contribution in [3.05, 3.63) is 94.8 Å². The number of rotatable bonds is 4. The fourth-order valence-corrected chi connectivity index (χ4v) is 2.74. The number of aryl methyl sites for hydroxylation is 2. The van der Waals surface area contributed by atoms with E-state index in [2.05, 4.69) is 10.6 Å². The van der Waals surface area contributed by atoms with Gasteiger partial charge in [-0.3, -0.25) is 9.59 Å². The predicted molar refractivity (Wildman–Crippen MR) is 105 cm³/mol. The van der Waals surface area contributed by atoms with Crippen LogP contribution in [-0.2, 0) is 0 Å². The molecule has 0 aliphatic carbocycles. The molecule has 0 aromatic heterocycles. The van der Waals surface area contributed by atoms with Crippen molar-refractivity contribution in [1.29, 1.82) is 0 Å². The van der Waals surface area contributed by atoms with Crippen molar-refractivity contribution in [2.24, 2.45) is 0 Å². The summed E-state index contributed by atoms with van der Waals surface area (Å²) in [5, 5.41) is 5.53. The molecule has 0 bridgehead atoms. The Hall–Kier alpha value is -3.47. The first-order valence-corrected chi connectivity index (χ1v) is 8.48. The molecule has 0 radical (unpaired) electrons. The maximum absolute atomic E-state index is 13.2. The Morgan fingerprint density at radius 1 is 0.741 bits per heavy atom. The van der Waals surface area contributed by atoms with Gasteiger partial charge in [0.1, 0.15) is 5.82 Å². The zero-order chi connectivity index (χ0) is 19.4. The maximum atomic E-state index is 13.2. The molecule has 2 amide bonds. The summed E-state index contributed by atoms with van der Waals surface area (Å²) in [6.45, 7) is 3.87. The summed E-state index contributed by atoms with van der Waals surface area (Å²) in [5.74, 6) is -1.04. The molecule has 0 aliphatic rings. The van der Waals surface area contributed by atoms with Crippen LogP contribution >= 0.6 is 0 Å². The van der Waals surface area contributed by atoms with E-state index in [9.17, 15) is 14.0 Å². The highest BCUT2D eigenvalue weighted by atomic mass is 19.1. The number of carbonyl (C=O) groups is 2. The van der Waals surface area contributed by atoms with E-state index >= 15 is 0 Å². The van der Waals surface area contributed by atoms with Crippen LogP contribution in [0.2, 0.25) is 0 Å². The quantitative estimate of drug-likeness (QED) is 0.690. The number of amides is 2. The number of halogens is 1. The molecule has 0 fully saturated rings. The van der Waals surface area contributed by atoms with E-state index in [1.807, 2.05) is 32.0 Å². The molecule has 0 heterocycles. The van der Waals surface area contributed by atoms with E-state index in [0.29, 0.717) is 16.8 Å². The second-order valence-corrected chi connectivity index (χ2v) is 6.26. The van der Waals surface area contributed by atoms with Gasteiger partial charge in [-0.05, 0) is 67.4 Å². The Balaban J connectivity index is 1.71. The Labute approximate surface area is 157 Å². The SMILES string of the molecule is Cc1cccc(C)c1NC(=O)c1ccc(C(=O)Nc2cccc(F)c2)cc1. The molecule has 3 aromatic carbocycles. The van der Waals surface area contributed by atoms with Crippen LogP contribution in [0.15, 0.2) is 66.7 Å². The van der Waals surface area contributed by atoms with Crippen LogP contribution in [0, 0.1) is 19.7 Å². The molecule has 0 unspecified atom stereocenters. The first kappa shape index (κ1) is 18.3. The highest BCUT2D eigenvalue weighted by Crippen LogP contribution is 2.20. The fraction of sp³-hybridized carbons (Fsp3) is 0.0909. The van der Waals surface area contributed by atoms with Gasteiger partial charge in [-0.2, -0.15) is 0 Å². The van der Waals surface area contributed by atoms with Gasteiger partial charge in [0.2, 0.25) is 0 Å². The standard InChI is InChI=1S/C22H19FN2O2/c1-14-5-3-6-15(2)20(14)25-22(27)17-11-9-16(10-12-17)21(26)24-19-8-4-7-18(23)13-19/h3-13H,1-2H3,(H,24,26)(H,25,27). The molecule has 27 heavy (non-hydrogen) atoms. The maximum Gasteiger partial charge on any atom is 0.255 e. The minimum absolute atomic E-state index is 0.246. The van der Waals surface area contributed by atoms with Crippen molar-refractivity contribution in [2.75, 3.05) is 10.6 Å². The molecule has 3 aromatic rings. The van der Waals surface area contributed by atoms with E-state index in [-0.39, 0.29) is 11.8 Å². The second-order valence-electron chi connectivity index (χ2n) is 6.26. The molecular formula is C22H19FN2O2. The van der Waals surface area contributed by atoms with E-state index in [1.165, 1.54) is 18.2 Å². The first-order chi connectivity index (χ1) is 12.9. The molecule has 5 heteroatoms. The summed E-state index contributed by atoms with van der Waals surface area (Å²) >= 11 is 0. The lowest BCUT2D eigenvalue weighted by Crippen LogP contribution is -2.15. The smallest absolute Gasteiger partial charge is 0.255 e. The largest absolute Gasteiger partial charge is 0.322 e. The molecule has 2 N–H and O–H groups in total. The monoisotopic (exact) mass is 362 g/mol. The average Bonchev–Trinajstić information content (AvgIpc) is 2.65. The number of carbonyl (C=O) groups excluding carboxylic acids is 2. The Kier molecular flexibility index (Phi) is 5.31. The van der Waals surface area contributed by atoms with Gasteiger partial charge in [-0.15, -0.1) is 0 Å². The van der Waals surface area contributed by atoms with Crippen LogP contribution in [0.5, 0.6) is 0 Å². The summed E-state index contributed by atoms with van der Waals surface area (Å²) in [6, 6.07) is 17.8. The third kappa shape index (κ3) is 4.39. The number of hydrogen-bond acceptors (Lipinski definition) is 2. The zero-order valence-electron chi connectivity index (χ0n) is 15.0. The molecule has 3 rings (SSSR count). The lowest BCUT2D eigenvalue weighted by molar-refractivity contribution is 0.101. The number of nitrogens with one attached hydrogen (secondary N) is 2. The van der Waals surface area contributed by atoms with Crippen molar-refractivity contribution in [3.8, 4) is 0 Å². The highest BCUT2D eigenvalue weighted by Gasteiger charge is 2.12. The molecule has 0 atom stereocenters. The predicted octanol–water partition coefficient (Wildman–Crippen LogP) is 4.95. The van der Waals surface area contributed by atoms with Gasteiger partial charge in [-0.25, -0.2) is 4.39 Å². The molecule has 0 saturated heterocycles. The minimum atomic E-state index is -0.425. The summed E-state index contributed by atoms with van der Waals surface area (Å²) in [7, 11) is 0. The van der Waals surface area contributed by atoms with E-state index in [0.717, 1.165) is 16.8 Å². The lowest BCUT2D eigenvalue weighted by atomic mass is 10.1. The van der Waals surface area contributed by atoms with Crippen LogP contribution < -0.4 is 10.6 Å². The Morgan fingerprint density at radius 3 is 1.81 bits per heavy atom. The van der Waals surface area contributed by atoms with Crippen molar-refractivity contribution in [1.82, 2.24) is 0 Å². The van der Waals surface area contributed by atoms with Gasteiger partial charge in [0.15, 0.2) is 0 Å². The normalized spacial score (nSPS) is 10.3. The second kappa shape index (κ2) is 7.83. The fourth-order valence-electron chi connectivity index (χ4n) is 2.74. The van der Waals surface area contributed by atoms with E-state index in [1.54, 1.807) is 30.3 Å². The van der Waals surface area contributed by atoms with Gasteiger partial charge >= 0.3 is 0 Å². The van der Waals surface area contributed by atoms with Crippen LogP contribution in [0.3, 0.4) is 0 Å². The molecule has 136 valence electrons. The van der Waals surface area contributed by atoms with Gasteiger partial charge in [0, 0.05) is 22.5 Å².